The van der Waals surface area contributed by atoms with Gasteiger partial charge in [-0.1, -0.05) is 48.7 Å². The molecule has 0 radical (unpaired) electrons. The summed E-state index contributed by atoms with van der Waals surface area (Å²) in [6, 6.07) is 2.00. The lowest BCUT2D eigenvalue weighted by Crippen LogP contribution is -2.50. The third-order valence-electron chi connectivity index (χ3n) is 3.39. The van der Waals surface area contributed by atoms with Crippen LogP contribution in [0.3, 0.4) is 0 Å². The average Bonchev–Trinajstić information content (AvgIpc) is 2.53. The van der Waals surface area contributed by atoms with Crippen LogP contribution in [0.1, 0.15) is 31.3 Å². The Bertz CT molecular complexity index is 718. The second-order valence-corrected chi connectivity index (χ2v) is 6.50. The molecule has 10 heteroatoms. The lowest BCUT2D eigenvalue weighted by Gasteiger charge is -2.27. The number of hydrogen-bond donors (Lipinski definition) is 2. The number of aromatic nitrogens is 1. The van der Waals surface area contributed by atoms with Crippen molar-refractivity contribution in [1.29, 1.82) is 5.26 Å². The molecule has 0 saturated heterocycles. The molecule has 7 nitrogen and oxygen atoms in total. The molecule has 1 aromatic rings. The van der Waals surface area contributed by atoms with Crippen LogP contribution in [-0.4, -0.2) is 29.0 Å². The van der Waals surface area contributed by atoms with E-state index >= 15 is 0 Å². The van der Waals surface area contributed by atoms with Gasteiger partial charge in [0.1, 0.15) is 10.6 Å². The molecule has 0 bridgehead atoms. The largest absolute Gasteiger partial charge is 0.451 e. The quantitative estimate of drug-likeness (QED) is 0.586. The van der Waals surface area contributed by atoms with Gasteiger partial charge in [0, 0.05) is 0 Å². The number of carbonyl (C=O) groups is 2. The number of nitriles is 1. The number of halogens is 3. The van der Waals surface area contributed by atoms with Crippen molar-refractivity contribution in [3.05, 3.63) is 20.9 Å². The van der Waals surface area contributed by atoms with Crippen molar-refractivity contribution in [2.45, 2.75) is 26.3 Å². The molecule has 24 heavy (non-hydrogen) atoms. The van der Waals surface area contributed by atoms with Gasteiger partial charge in [-0.3, -0.25) is 4.79 Å². The molecule has 0 spiro atoms. The number of pyridine rings is 1. The fourth-order valence-corrected chi connectivity index (χ4v) is 2.08. The van der Waals surface area contributed by atoms with E-state index in [-0.39, 0.29) is 32.5 Å². The highest BCUT2D eigenvalue weighted by molar-refractivity contribution is 6.46. The van der Waals surface area contributed by atoms with Crippen LogP contribution in [0.2, 0.25) is 15.2 Å². The Morgan fingerprint density at radius 2 is 1.96 bits per heavy atom. The minimum atomic E-state index is -1.09. The van der Waals surface area contributed by atoms with E-state index in [2.05, 4.69) is 10.3 Å². The van der Waals surface area contributed by atoms with Crippen molar-refractivity contribution in [3.63, 3.8) is 0 Å². The Balaban J connectivity index is 2.81. The van der Waals surface area contributed by atoms with Crippen LogP contribution in [0.25, 0.3) is 0 Å². The van der Waals surface area contributed by atoms with E-state index in [1.165, 1.54) is 0 Å². The van der Waals surface area contributed by atoms with E-state index in [9.17, 15) is 9.59 Å². The van der Waals surface area contributed by atoms with Gasteiger partial charge in [-0.25, -0.2) is 9.78 Å². The Labute approximate surface area is 154 Å². The number of carbonyl (C=O) groups excluding carboxylic acids is 2. The number of esters is 1. The molecule has 0 aliphatic heterocycles. The third kappa shape index (κ3) is 4.41. The van der Waals surface area contributed by atoms with Crippen molar-refractivity contribution in [3.8, 4) is 6.07 Å². The minimum absolute atomic E-state index is 0.0855. The first-order valence-electron chi connectivity index (χ1n) is 6.72. The van der Waals surface area contributed by atoms with Crippen LogP contribution >= 0.6 is 34.8 Å². The molecule has 0 unspecified atom stereocenters. The van der Waals surface area contributed by atoms with Crippen LogP contribution in [0.4, 0.5) is 5.69 Å². The van der Waals surface area contributed by atoms with Gasteiger partial charge in [0.15, 0.2) is 17.5 Å². The summed E-state index contributed by atoms with van der Waals surface area (Å²) >= 11 is 17.4. The number of hydrogen-bond acceptors (Lipinski definition) is 6. The number of nitrogens with two attached hydrogens (primary N) is 1. The molecule has 3 N–H and O–H groups in total. The monoisotopic (exact) mass is 392 g/mol. The summed E-state index contributed by atoms with van der Waals surface area (Å²) in [5.41, 5.74) is 4.03. The number of nitrogens with zero attached hydrogens (tertiary/aromatic N) is 2. The first-order chi connectivity index (χ1) is 11.0. The Hall–Kier alpha value is -1.75. The summed E-state index contributed by atoms with van der Waals surface area (Å²) in [5.74, 6) is -1.79. The molecule has 0 aliphatic carbocycles. The van der Waals surface area contributed by atoms with Crippen molar-refractivity contribution < 1.29 is 14.3 Å². The molecular formula is C14H15Cl3N4O3. The highest BCUT2D eigenvalue weighted by atomic mass is 35.5. The number of rotatable bonds is 5. The van der Waals surface area contributed by atoms with Gasteiger partial charge < -0.3 is 15.8 Å². The zero-order valence-electron chi connectivity index (χ0n) is 13.1. The Morgan fingerprint density at radius 3 is 2.46 bits per heavy atom. The molecule has 0 aromatic carbocycles. The third-order valence-corrected chi connectivity index (χ3v) is 4.52. The van der Waals surface area contributed by atoms with E-state index in [0.717, 1.165) is 0 Å². The smallest absolute Gasteiger partial charge is 0.359 e. The van der Waals surface area contributed by atoms with E-state index in [1.807, 2.05) is 6.07 Å². The average molecular weight is 394 g/mol. The predicted molar refractivity (Wildman–Crippen MR) is 91.0 cm³/mol. The van der Waals surface area contributed by atoms with Crippen molar-refractivity contribution >= 4 is 52.4 Å². The molecule has 1 heterocycles. The Kier molecular flexibility index (Phi) is 6.67. The van der Waals surface area contributed by atoms with Crippen LogP contribution < -0.4 is 11.1 Å². The number of anilines is 1. The number of nitrogen functional groups attached to an aromatic ring is 1. The normalized spacial score (nSPS) is 13.1. The molecule has 0 saturated carbocycles. The van der Waals surface area contributed by atoms with Crippen molar-refractivity contribution in [1.82, 2.24) is 10.3 Å². The summed E-state index contributed by atoms with van der Waals surface area (Å²) < 4.78 is 4.83. The van der Waals surface area contributed by atoms with Gasteiger partial charge in [0.2, 0.25) is 0 Å². The topological polar surface area (TPSA) is 118 Å². The summed E-state index contributed by atoms with van der Waals surface area (Å²) in [6.45, 7) is 4.49. The van der Waals surface area contributed by atoms with Gasteiger partial charge in [0.25, 0.3) is 5.91 Å². The standard InChI is InChI=1S/C14H15Cl3N4O3/c1-6(2)14(3,5-18)21-7(22)4-24-13(23)11-8(15)10(19)9(16)12(17)20-11/h6H,4H2,1-3H3,(H2,19,20)(H,21,22)/t14-/m1/s1. The van der Waals surface area contributed by atoms with Crippen LogP contribution in [0.5, 0.6) is 0 Å². The summed E-state index contributed by atoms with van der Waals surface area (Å²) in [4.78, 5) is 27.5. The predicted octanol–water partition coefficient (Wildman–Crippen LogP) is 2.84. The lowest BCUT2D eigenvalue weighted by molar-refractivity contribution is -0.125. The van der Waals surface area contributed by atoms with Gasteiger partial charge in [-0.15, -0.1) is 0 Å². The summed E-state index contributed by atoms with van der Waals surface area (Å²) in [6.07, 6.45) is 0. The number of nitrogens with one attached hydrogen (secondary N) is 1. The van der Waals surface area contributed by atoms with E-state index in [0.29, 0.717) is 0 Å². The second-order valence-electron chi connectivity index (χ2n) is 5.39. The molecule has 0 aliphatic rings. The maximum Gasteiger partial charge on any atom is 0.359 e. The zero-order chi connectivity index (χ0) is 18.7. The molecule has 0 fully saturated rings. The van der Waals surface area contributed by atoms with Crippen LogP contribution in [0.15, 0.2) is 0 Å². The molecule has 1 rings (SSSR count). The van der Waals surface area contributed by atoms with Gasteiger partial charge in [0.05, 0.1) is 16.8 Å². The second kappa shape index (κ2) is 7.88. The molecule has 130 valence electrons. The SMILES string of the molecule is CC(C)[C@@](C)(C#N)NC(=O)COC(=O)c1nc(Cl)c(Cl)c(N)c1Cl. The highest BCUT2D eigenvalue weighted by Crippen LogP contribution is 2.34. The van der Waals surface area contributed by atoms with E-state index in [1.54, 1.807) is 20.8 Å². The van der Waals surface area contributed by atoms with E-state index < -0.39 is 24.0 Å². The molecule has 1 amide bonds. The first-order valence-corrected chi connectivity index (χ1v) is 7.86. The first kappa shape index (κ1) is 20.3. The van der Waals surface area contributed by atoms with Crippen LogP contribution in [-0.2, 0) is 9.53 Å². The lowest BCUT2D eigenvalue weighted by atomic mass is 9.90. The molecular weight excluding hydrogens is 379 g/mol. The number of ether oxygens (including phenoxy) is 1. The fourth-order valence-electron chi connectivity index (χ4n) is 1.49. The van der Waals surface area contributed by atoms with Crippen LogP contribution in [0, 0.1) is 17.2 Å². The van der Waals surface area contributed by atoms with Gasteiger partial charge in [-0.05, 0) is 12.8 Å². The maximum atomic E-state index is 12.0. The van der Waals surface area contributed by atoms with Gasteiger partial charge in [-0.2, -0.15) is 5.26 Å². The van der Waals surface area contributed by atoms with Crippen molar-refractivity contribution in [2.24, 2.45) is 5.92 Å². The Morgan fingerprint density at radius 1 is 1.38 bits per heavy atom. The molecule has 1 aromatic heterocycles. The van der Waals surface area contributed by atoms with E-state index in [4.69, 9.17) is 50.5 Å². The van der Waals surface area contributed by atoms with Crippen molar-refractivity contribution in [2.75, 3.05) is 12.3 Å². The highest BCUT2D eigenvalue weighted by Gasteiger charge is 2.30. The van der Waals surface area contributed by atoms with Gasteiger partial charge >= 0.3 is 5.97 Å². The molecule has 1 atom stereocenters. The summed E-state index contributed by atoms with van der Waals surface area (Å²) in [7, 11) is 0. The fraction of sp³-hybridized carbons (Fsp3) is 0.429. The number of amides is 1. The summed E-state index contributed by atoms with van der Waals surface area (Å²) in [5, 5.41) is 11.1. The maximum absolute atomic E-state index is 12.0. The zero-order valence-corrected chi connectivity index (χ0v) is 15.4. The minimum Gasteiger partial charge on any atom is -0.451 e.